The molecule has 2 saturated heterocycles. The smallest absolute Gasteiger partial charge is 0.0235 e. The normalized spacial score (nSPS) is 26.3. The summed E-state index contributed by atoms with van der Waals surface area (Å²) in [5.74, 6) is 0. The van der Waals surface area contributed by atoms with E-state index in [-0.39, 0.29) is 0 Å². The highest BCUT2D eigenvalue weighted by Crippen LogP contribution is 2.20. The minimum atomic E-state index is 0.741. The van der Waals surface area contributed by atoms with Gasteiger partial charge in [-0.3, -0.25) is 4.90 Å². The third-order valence-electron chi connectivity index (χ3n) is 5.36. The van der Waals surface area contributed by atoms with Gasteiger partial charge in [-0.1, -0.05) is 20.3 Å². The van der Waals surface area contributed by atoms with Gasteiger partial charge in [-0.2, -0.15) is 0 Å². The van der Waals surface area contributed by atoms with Crippen LogP contribution in [0.5, 0.6) is 0 Å². The maximum absolute atomic E-state index is 3.68. The van der Waals surface area contributed by atoms with Crippen LogP contribution in [0.15, 0.2) is 0 Å². The van der Waals surface area contributed by atoms with E-state index in [1.54, 1.807) is 0 Å². The van der Waals surface area contributed by atoms with Gasteiger partial charge in [-0.25, -0.2) is 0 Å². The Hall–Kier alpha value is -0.120. The Morgan fingerprint density at radius 1 is 1.10 bits per heavy atom. The van der Waals surface area contributed by atoms with Gasteiger partial charge in [0.05, 0.1) is 0 Å². The number of nitrogens with zero attached hydrogens (tertiary/aromatic N) is 2. The molecule has 2 unspecified atom stereocenters. The molecule has 0 saturated carbocycles. The van der Waals surface area contributed by atoms with Crippen molar-refractivity contribution < 1.29 is 0 Å². The number of hydrogen-bond acceptors (Lipinski definition) is 3. The van der Waals surface area contributed by atoms with Gasteiger partial charge in [-0.05, 0) is 77.7 Å². The maximum Gasteiger partial charge on any atom is 0.0235 e. The first-order valence-corrected chi connectivity index (χ1v) is 9.53. The first-order chi connectivity index (χ1) is 10.3. The fraction of sp³-hybridized carbons (Fsp3) is 1.00. The van der Waals surface area contributed by atoms with E-state index in [4.69, 9.17) is 0 Å². The largest absolute Gasteiger partial charge is 0.314 e. The predicted molar refractivity (Wildman–Crippen MR) is 91.9 cm³/mol. The van der Waals surface area contributed by atoms with Crippen molar-refractivity contribution in [2.75, 3.05) is 39.3 Å². The van der Waals surface area contributed by atoms with Crippen LogP contribution in [-0.2, 0) is 0 Å². The molecule has 2 heterocycles. The summed E-state index contributed by atoms with van der Waals surface area (Å²) in [6.45, 7) is 12.4. The van der Waals surface area contributed by atoms with Crippen molar-refractivity contribution in [3.63, 3.8) is 0 Å². The Bertz CT molecular complexity index is 263. The van der Waals surface area contributed by atoms with Gasteiger partial charge in [0, 0.05) is 18.6 Å². The van der Waals surface area contributed by atoms with Crippen molar-refractivity contribution in [3.8, 4) is 0 Å². The first-order valence-electron chi connectivity index (χ1n) is 9.53. The number of likely N-dealkylation sites (tertiary alicyclic amines) is 2. The second-order valence-electron chi connectivity index (χ2n) is 7.04. The average Bonchev–Trinajstić information content (AvgIpc) is 3.00. The zero-order valence-corrected chi connectivity index (χ0v) is 14.4. The molecular weight excluding hydrogens is 258 g/mol. The predicted octanol–water partition coefficient (Wildman–Crippen LogP) is 3.11. The summed E-state index contributed by atoms with van der Waals surface area (Å²) in [5, 5.41) is 3.68. The summed E-state index contributed by atoms with van der Waals surface area (Å²) >= 11 is 0. The van der Waals surface area contributed by atoms with E-state index < -0.39 is 0 Å². The van der Waals surface area contributed by atoms with E-state index in [1.807, 2.05) is 0 Å². The van der Waals surface area contributed by atoms with Gasteiger partial charge >= 0.3 is 0 Å². The molecule has 0 aliphatic carbocycles. The van der Waals surface area contributed by atoms with Crippen molar-refractivity contribution in [1.82, 2.24) is 15.1 Å². The lowest BCUT2D eigenvalue weighted by molar-refractivity contribution is 0.161. The van der Waals surface area contributed by atoms with Crippen LogP contribution in [0.4, 0.5) is 0 Å². The number of nitrogens with one attached hydrogen (secondary N) is 1. The molecule has 3 nitrogen and oxygen atoms in total. The third kappa shape index (κ3) is 5.88. The highest BCUT2D eigenvalue weighted by Gasteiger charge is 2.27. The minimum absolute atomic E-state index is 0.741. The minimum Gasteiger partial charge on any atom is -0.314 e. The fourth-order valence-electron chi connectivity index (χ4n) is 3.96. The molecule has 0 bridgehead atoms. The molecule has 2 rings (SSSR count). The molecule has 2 fully saturated rings. The number of piperidine rings is 1. The van der Waals surface area contributed by atoms with Crippen LogP contribution >= 0.6 is 0 Å². The van der Waals surface area contributed by atoms with Gasteiger partial charge in [0.15, 0.2) is 0 Å². The van der Waals surface area contributed by atoms with E-state index in [9.17, 15) is 0 Å². The van der Waals surface area contributed by atoms with Crippen LogP contribution in [0.1, 0.15) is 65.2 Å². The highest BCUT2D eigenvalue weighted by atomic mass is 15.3. The number of hydrogen-bond donors (Lipinski definition) is 1. The Kier molecular flexibility index (Phi) is 8.05. The zero-order chi connectivity index (χ0) is 14.9. The molecule has 21 heavy (non-hydrogen) atoms. The summed E-state index contributed by atoms with van der Waals surface area (Å²) < 4.78 is 0. The van der Waals surface area contributed by atoms with Gasteiger partial charge in [0.25, 0.3) is 0 Å². The van der Waals surface area contributed by atoms with Crippen LogP contribution in [0.25, 0.3) is 0 Å². The lowest BCUT2D eigenvalue weighted by atomic mass is 10.1. The van der Waals surface area contributed by atoms with Crippen LogP contribution in [0.2, 0.25) is 0 Å². The lowest BCUT2D eigenvalue weighted by Crippen LogP contribution is -2.41. The van der Waals surface area contributed by atoms with E-state index in [0.29, 0.717) is 0 Å². The summed E-state index contributed by atoms with van der Waals surface area (Å²) in [4.78, 5) is 5.48. The molecule has 0 aromatic carbocycles. The van der Waals surface area contributed by atoms with Crippen molar-refractivity contribution in [1.29, 1.82) is 0 Å². The number of rotatable bonds is 9. The van der Waals surface area contributed by atoms with Crippen LogP contribution in [-0.4, -0.2) is 61.2 Å². The molecule has 0 aromatic rings. The quantitative estimate of drug-likeness (QED) is 0.705. The molecule has 2 aliphatic heterocycles. The maximum atomic E-state index is 3.68. The fourth-order valence-corrected chi connectivity index (χ4v) is 3.96. The molecule has 124 valence electrons. The van der Waals surface area contributed by atoms with Crippen LogP contribution in [0.3, 0.4) is 0 Å². The molecule has 2 aliphatic rings. The van der Waals surface area contributed by atoms with Crippen molar-refractivity contribution in [2.45, 2.75) is 77.3 Å². The molecular formula is C18H37N3. The standard InChI is InChI=1S/C18H37N3/c1-3-11-19-17(4-2)9-8-12-20-15-10-18(16-20)21-13-6-5-7-14-21/h17-19H,3-16H2,1-2H3. The van der Waals surface area contributed by atoms with Crippen LogP contribution < -0.4 is 5.32 Å². The molecule has 0 spiro atoms. The summed E-state index contributed by atoms with van der Waals surface area (Å²) in [6, 6.07) is 1.61. The van der Waals surface area contributed by atoms with E-state index in [0.717, 1.165) is 12.1 Å². The van der Waals surface area contributed by atoms with Crippen molar-refractivity contribution in [3.05, 3.63) is 0 Å². The van der Waals surface area contributed by atoms with Gasteiger partial charge in [0.1, 0.15) is 0 Å². The Balaban J connectivity index is 1.59. The van der Waals surface area contributed by atoms with Gasteiger partial charge in [-0.15, -0.1) is 0 Å². The Morgan fingerprint density at radius 3 is 2.62 bits per heavy atom. The summed E-state index contributed by atoms with van der Waals surface area (Å²) in [6.07, 6.45) is 11.0. The molecule has 3 heteroatoms. The third-order valence-corrected chi connectivity index (χ3v) is 5.36. The molecule has 0 aromatic heterocycles. The second-order valence-corrected chi connectivity index (χ2v) is 7.04. The molecule has 1 N–H and O–H groups in total. The van der Waals surface area contributed by atoms with Crippen molar-refractivity contribution >= 4 is 0 Å². The summed E-state index contributed by atoms with van der Waals surface area (Å²) in [5.41, 5.74) is 0. The first kappa shape index (κ1) is 17.2. The Morgan fingerprint density at radius 2 is 1.90 bits per heavy atom. The zero-order valence-electron chi connectivity index (χ0n) is 14.4. The van der Waals surface area contributed by atoms with Crippen LogP contribution in [0, 0.1) is 0 Å². The monoisotopic (exact) mass is 295 g/mol. The van der Waals surface area contributed by atoms with E-state index >= 15 is 0 Å². The molecule has 0 amide bonds. The van der Waals surface area contributed by atoms with E-state index in [2.05, 4.69) is 29.0 Å². The molecule has 0 radical (unpaired) electrons. The van der Waals surface area contributed by atoms with Gasteiger partial charge in [0.2, 0.25) is 0 Å². The van der Waals surface area contributed by atoms with Crippen molar-refractivity contribution in [2.24, 2.45) is 0 Å². The van der Waals surface area contributed by atoms with E-state index in [1.165, 1.54) is 90.6 Å². The SMILES string of the molecule is CCCNC(CC)CCCN1CCC(N2CCCCC2)C1. The molecule has 2 atom stereocenters. The summed E-state index contributed by atoms with van der Waals surface area (Å²) in [7, 11) is 0. The van der Waals surface area contributed by atoms with Gasteiger partial charge < -0.3 is 10.2 Å². The average molecular weight is 296 g/mol. The second kappa shape index (κ2) is 9.81. The lowest BCUT2D eigenvalue weighted by Gasteiger charge is -2.32. The Labute approximate surface area is 132 Å². The topological polar surface area (TPSA) is 18.5 Å². The highest BCUT2D eigenvalue weighted by molar-refractivity contribution is 4.84.